The number of halogens is 1. The third kappa shape index (κ3) is 1.92. The lowest BCUT2D eigenvalue weighted by molar-refractivity contribution is -0.384. The quantitative estimate of drug-likeness (QED) is 0.388. The van der Waals surface area contributed by atoms with Gasteiger partial charge in [0.25, 0.3) is 5.69 Å². The molecule has 0 bridgehead atoms. The van der Waals surface area contributed by atoms with Crippen LogP contribution in [0.5, 0.6) is 5.75 Å². The highest BCUT2D eigenvalue weighted by atomic mass is 127. The van der Waals surface area contributed by atoms with Crippen molar-refractivity contribution in [3.8, 4) is 5.75 Å². The van der Waals surface area contributed by atoms with Gasteiger partial charge in [-0.25, -0.2) is 0 Å². The highest BCUT2D eigenvalue weighted by Gasteiger charge is 2.16. The molecule has 0 atom stereocenters. The molecule has 1 heterocycles. The summed E-state index contributed by atoms with van der Waals surface area (Å²) in [5, 5.41) is 12.5. The summed E-state index contributed by atoms with van der Waals surface area (Å²) in [7, 11) is 1.58. The van der Waals surface area contributed by atoms with Crippen molar-refractivity contribution in [2.45, 2.75) is 0 Å². The number of nitrogens with zero attached hydrogens (tertiary/aromatic N) is 1. The van der Waals surface area contributed by atoms with Gasteiger partial charge in [0.2, 0.25) is 0 Å². The maximum absolute atomic E-state index is 10.9. The smallest absolute Gasteiger partial charge is 0.271 e. The van der Waals surface area contributed by atoms with Gasteiger partial charge in [-0.2, -0.15) is 0 Å². The van der Waals surface area contributed by atoms with E-state index in [2.05, 4.69) is 0 Å². The molecule has 0 unspecified atom stereocenters. The number of methoxy groups -OCH3 is 1. The molecule has 96 valence electrons. The SMILES string of the molecule is COc1ccc2c(c1)oc1c(I)cc([N+](=O)[O-])cc12. The molecule has 6 heteroatoms. The lowest BCUT2D eigenvalue weighted by Gasteiger charge is -1.97. The van der Waals surface area contributed by atoms with E-state index in [1.807, 2.05) is 34.7 Å². The van der Waals surface area contributed by atoms with Crippen molar-refractivity contribution in [3.05, 3.63) is 44.0 Å². The van der Waals surface area contributed by atoms with Gasteiger partial charge >= 0.3 is 0 Å². The zero-order valence-corrected chi connectivity index (χ0v) is 12.0. The predicted octanol–water partition coefficient (Wildman–Crippen LogP) is 4.11. The number of nitro groups is 1. The fourth-order valence-corrected chi connectivity index (χ4v) is 2.75. The summed E-state index contributed by atoms with van der Waals surface area (Å²) in [6, 6.07) is 8.47. The van der Waals surface area contributed by atoms with Gasteiger partial charge in [-0.15, -0.1) is 0 Å². The first-order chi connectivity index (χ1) is 9.10. The van der Waals surface area contributed by atoms with E-state index in [0.717, 1.165) is 14.3 Å². The third-order valence-electron chi connectivity index (χ3n) is 2.93. The Morgan fingerprint density at radius 2 is 2.05 bits per heavy atom. The Balaban J connectivity index is 2.40. The van der Waals surface area contributed by atoms with Crippen LogP contribution < -0.4 is 4.74 Å². The van der Waals surface area contributed by atoms with Crippen LogP contribution in [0.1, 0.15) is 0 Å². The van der Waals surface area contributed by atoms with E-state index in [4.69, 9.17) is 9.15 Å². The summed E-state index contributed by atoms with van der Waals surface area (Å²) in [5.74, 6) is 0.691. The van der Waals surface area contributed by atoms with E-state index >= 15 is 0 Å². The highest BCUT2D eigenvalue weighted by molar-refractivity contribution is 14.1. The van der Waals surface area contributed by atoms with Crippen molar-refractivity contribution < 1.29 is 14.1 Å². The number of ether oxygens (including phenoxy) is 1. The molecular formula is C13H8INO4. The van der Waals surface area contributed by atoms with Crippen LogP contribution in [0.25, 0.3) is 21.9 Å². The average molecular weight is 369 g/mol. The Labute approximate surface area is 121 Å². The molecule has 0 saturated heterocycles. The van der Waals surface area contributed by atoms with Gasteiger partial charge < -0.3 is 9.15 Å². The summed E-state index contributed by atoms with van der Waals surface area (Å²) in [4.78, 5) is 10.5. The topological polar surface area (TPSA) is 65.5 Å². The first kappa shape index (κ1) is 12.2. The second kappa shape index (κ2) is 4.37. The maximum atomic E-state index is 10.9. The maximum Gasteiger partial charge on any atom is 0.271 e. The zero-order valence-electron chi connectivity index (χ0n) is 9.84. The van der Waals surface area contributed by atoms with Gasteiger partial charge in [-0.1, -0.05) is 0 Å². The van der Waals surface area contributed by atoms with Gasteiger partial charge in [0, 0.05) is 29.0 Å². The first-order valence-electron chi connectivity index (χ1n) is 5.44. The lowest BCUT2D eigenvalue weighted by Crippen LogP contribution is -1.88. The van der Waals surface area contributed by atoms with Crippen molar-refractivity contribution in [1.82, 2.24) is 0 Å². The number of fused-ring (bicyclic) bond motifs is 3. The highest BCUT2D eigenvalue weighted by Crippen LogP contribution is 2.36. The molecule has 3 rings (SSSR count). The van der Waals surface area contributed by atoms with Crippen molar-refractivity contribution in [3.63, 3.8) is 0 Å². The molecule has 3 aromatic rings. The molecule has 0 radical (unpaired) electrons. The molecular weight excluding hydrogens is 361 g/mol. The number of benzene rings is 2. The molecule has 0 spiro atoms. The molecule has 5 nitrogen and oxygen atoms in total. The van der Waals surface area contributed by atoms with Gasteiger partial charge in [0.1, 0.15) is 16.9 Å². The van der Waals surface area contributed by atoms with Gasteiger partial charge in [0.15, 0.2) is 0 Å². The van der Waals surface area contributed by atoms with Crippen molar-refractivity contribution in [2.24, 2.45) is 0 Å². The fraction of sp³-hybridized carbons (Fsp3) is 0.0769. The van der Waals surface area contributed by atoms with Crippen LogP contribution in [0.3, 0.4) is 0 Å². The lowest BCUT2D eigenvalue weighted by atomic mass is 10.1. The van der Waals surface area contributed by atoms with E-state index in [0.29, 0.717) is 16.9 Å². The van der Waals surface area contributed by atoms with Crippen LogP contribution in [-0.4, -0.2) is 12.0 Å². The molecule has 0 aliphatic rings. The summed E-state index contributed by atoms with van der Waals surface area (Å²) >= 11 is 2.04. The summed E-state index contributed by atoms with van der Waals surface area (Å²) < 4.78 is 11.6. The molecule has 1 aromatic heterocycles. The van der Waals surface area contributed by atoms with Gasteiger partial charge in [-0.3, -0.25) is 10.1 Å². The molecule has 2 aromatic carbocycles. The Morgan fingerprint density at radius 1 is 1.26 bits per heavy atom. The summed E-state index contributed by atoms with van der Waals surface area (Å²) in [6.45, 7) is 0. The van der Waals surface area contributed by atoms with Crippen LogP contribution in [0.15, 0.2) is 34.7 Å². The van der Waals surface area contributed by atoms with Gasteiger partial charge in [-0.05, 0) is 34.7 Å². The van der Waals surface area contributed by atoms with E-state index in [-0.39, 0.29) is 5.69 Å². The van der Waals surface area contributed by atoms with Gasteiger partial charge in [0.05, 0.1) is 15.6 Å². The molecule has 0 N–H and O–H groups in total. The van der Waals surface area contributed by atoms with E-state index in [1.54, 1.807) is 13.2 Å². The predicted molar refractivity (Wildman–Crippen MR) is 79.6 cm³/mol. The average Bonchev–Trinajstić information content (AvgIpc) is 2.76. The van der Waals surface area contributed by atoms with Crippen LogP contribution in [-0.2, 0) is 0 Å². The number of nitro benzene ring substituents is 1. The minimum Gasteiger partial charge on any atom is -0.497 e. The Morgan fingerprint density at radius 3 is 2.74 bits per heavy atom. The molecule has 0 aliphatic heterocycles. The zero-order chi connectivity index (χ0) is 13.6. The minimum absolute atomic E-state index is 0.0652. The van der Waals surface area contributed by atoms with Crippen molar-refractivity contribution in [2.75, 3.05) is 7.11 Å². The fourth-order valence-electron chi connectivity index (χ4n) is 2.03. The number of non-ortho nitro benzene ring substituents is 1. The second-order valence-electron chi connectivity index (χ2n) is 4.03. The molecule has 0 saturated carbocycles. The number of rotatable bonds is 2. The van der Waals surface area contributed by atoms with Crippen molar-refractivity contribution >= 4 is 50.2 Å². The van der Waals surface area contributed by atoms with E-state index in [9.17, 15) is 10.1 Å². The summed E-state index contributed by atoms with van der Waals surface area (Å²) in [5.41, 5.74) is 1.39. The standard InChI is InChI=1S/C13H8INO4/c1-18-8-2-3-9-10-4-7(15(16)17)5-11(14)13(10)19-12(9)6-8/h2-6H,1H3. The molecule has 0 aliphatic carbocycles. The third-order valence-corrected chi connectivity index (χ3v) is 3.73. The van der Waals surface area contributed by atoms with Crippen LogP contribution in [0, 0.1) is 13.7 Å². The normalized spacial score (nSPS) is 11.1. The Hall–Kier alpha value is -1.83. The summed E-state index contributed by atoms with van der Waals surface area (Å²) in [6.07, 6.45) is 0. The van der Waals surface area contributed by atoms with E-state index < -0.39 is 4.92 Å². The largest absolute Gasteiger partial charge is 0.497 e. The number of hydrogen-bond acceptors (Lipinski definition) is 4. The van der Waals surface area contributed by atoms with Crippen LogP contribution in [0.4, 0.5) is 5.69 Å². The Kier molecular flexibility index (Phi) is 2.81. The number of furan rings is 1. The first-order valence-corrected chi connectivity index (χ1v) is 6.52. The molecule has 0 fully saturated rings. The molecule has 19 heavy (non-hydrogen) atoms. The number of hydrogen-bond donors (Lipinski definition) is 0. The van der Waals surface area contributed by atoms with Crippen LogP contribution >= 0.6 is 22.6 Å². The second-order valence-corrected chi connectivity index (χ2v) is 5.19. The van der Waals surface area contributed by atoms with Crippen LogP contribution in [0.2, 0.25) is 0 Å². The minimum atomic E-state index is -0.399. The van der Waals surface area contributed by atoms with Crippen molar-refractivity contribution in [1.29, 1.82) is 0 Å². The van der Waals surface area contributed by atoms with E-state index in [1.165, 1.54) is 12.1 Å². The Bertz CT molecular complexity index is 809. The molecule has 0 amide bonds. The monoisotopic (exact) mass is 369 g/mol.